The number of carbonyl (C=O) groups excluding carboxylic acids is 4. The highest BCUT2D eigenvalue weighted by molar-refractivity contribution is 7.80. The van der Waals surface area contributed by atoms with Gasteiger partial charge in [-0.25, -0.2) is 4.79 Å². The topological polar surface area (TPSA) is 194 Å². The van der Waals surface area contributed by atoms with Crippen molar-refractivity contribution in [1.29, 1.82) is 0 Å². The molecule has 0 aromatic rings. The number of carbonyl (C=O) groups is 5. The number of carboxylic acids is 1. The Morgan fingerprint density at radius 3 is 2.03 bits per heavy atom. The summed E-state index contributed by atoms with van der Waals surface area (Å²) in [5.74, 6) is -4.17. The first-order chi connectivity index (χ1) is 13.4. The normalized spacial score (nSPS) is 15.9. The zero-order valence-corrected chi connectivity index (χ0v) is 17.7. The third-order valence-electron chi connectivity index (χ3n) is 4.38. The summed E-state index contributed by atoms with van der Waals surface area (Å²) in [5, 5.41) is 16.4. The van der Waals surface area contributed by atoms with Crippen molar-refractivity contribution in [3.05, 3.63) is 0 Å². The largest absolute Gasteiger partial charge is 0.480 e. The summed E-state index contributed by atoms with van der Waals surface area (Å²) in [6.07, 6.45) is 0.485. The van der Waals surface area contributed by atoms with Crippen LogP contribution in [-0.2, 0) is 24.0 Å². The molecule has 5 unspecified atom stereocenters. The highest BCUT2D eigenvalue weighted by Crippen LogP contribution is 2.08. The number of nitrogens with one attached hydrogen (secondary N) is 3. The Kier molecular flexibility index (Phi) is 11.9. The molecule has 0 aliphatic heterocycles. The summed E-state index contributed by atoms with van der Waals surface area (Å²) in [6, 6.07) is -4.25. The van der Waals surface area contributed by atoms with Crippen LogP contribution in [0.3, 0.4) is 0 Å². The van der Waals surface area contributed by atoms with Crippen LogP contribution in [0.4, 0.5) is 0 Å². The molecule has 4 amide bonds. The van der Waals surface area contributed by atoms with Gasteiger partial charge in [0.1, 0.15) is 18.1 Å². The smallest absolute Gasteiger partial charge is 0.326 e. The number of hydrogen-bond donors (Lipinski definition) is 7. The maximum absolute atomic E-state index is 12.3. The molecule has 0 bridgehead atoms. The first-order valence-electron chi connectivity index (χ1n) is 9.23. The van der Waals surface area contributed by atoms with E-state index in [4.69, 9.17) is 11.5 Å². The second kappa shape index (κ2) is 13.0. The van der Waals surface area contributed by atoms with Crippen LogP contribution in [0.2, 0.25) is 0 Å². The van der Waals surface area contributed by atoms with Gasteiger partial charge in [0.25, 0.3) is 0 Å². The first kappa shape index (κ1) is 26.7. The van der Waals surface area contributed by atoms with Gasteiger partial charge in [-0.15, -0.1) is 0 Å². The van der Waals surface area contributed by atoms with E-state index in [0.29, 0.717) is 6.42 Å². The summed E-state index contributed by atoms with van der Waals surface area (Å²) in [4.78, 5) is 58.7. The lowest BCUT2D eigenvalue weighted by atomic mass is 9.99. The van der Waals surface area contributed by atoms with Crippen molar-refractivity contribution in [2.45, 2.75) is 64.2 Å². The van der Waals surface area contributed by atoms with Crippen LogP contribution < -0.4 is 27.4 Å². The minimum absolute atomic E-state index is 0.0209. The van der Waals surface area contributed by atoms with Crippen molar-refractivity contribution in [2.75, 3.05) is 5.75 Å². The summed E-state index contributed by atoms with van der Waals surface area (Å²) in [5.41, 5.74) is 10.6. The highest BCUT2D eigenvalue weighted by Gasteiger charge is 2.29. The second-order valence-electron chi connectivity index (χ2n) is 6.80. The lowest BCUT2D eigenvalue weighted by molar-refractivity contribution is -0.143. The molecule has 8 N–H and O–H groups in total. The summed E-state index contributed by atoms with van der Waals surface area (Å²) >= 11 is 4.01. The van der Waals surface area contributed by atoms with E-state index >= 15 is 0 Å². The summed E-state index contributed by atoms with van der Waals surface area (Å²) in [7, 11) is 0. The summed E-state index contributed by atoms with van der Waals surface area (Å²) < 4.78 is 0. The Labute approximate surface area is 175 Å². The SMILES string of the molecule is CCC(C)C(NC(=O)C(C)NC(=O)C(CS)NC(=O)C(N)CCC(N)=O)C(=O)O. The predicted octanol–water partition coefficient (Wildman–Crippen LogP) is -1.89. The number of carboxylic acid groups (broad SMARTS) is 1. The number of hydrogen-bond acceptors (Lipinski definition) is 7. The predicted molar refractivity (Wildman–Crippen MR) is 109 cm³/mol. The number of amides is 4. The van der Waals surface area contributed by atoms with Crippen molar-refractivity contribution in [1.82, 2.24) is 16.0 Å². The molecule has 0 spiro atoms. The molecule has 12 heteroatoms. The lowest BCUT2D eigenvalue weighted by Crippen LogP contribution is -2.57. The van der Waals surface area contributed by atoms with Crippen molar-refractivity contribution in [3.63, 3.8) is 0 Å². The highest BCUT2D eigenvalue weighted by atomic mass is 32.1. The minimum Gasteiger partial charge on any atom is -0.480 e. The molecule has 0 fully saturated rings. The number of nitrogens with two attached hydrogens (primary N) is 2. The quantitative estimate of drug-likeness (QED) is 0.165. The molecule has 166 valence electrons. The number of aliphatic carboxylic acids is 1. The van der Waals surface area contributed by atoms with Gasteiger partial charge in [-0.1, -0.05) is 20.3 Å². The monoisotopic (exact) mass is 433 g/mol. The van der Waals surface area contributed by atoms with Gasteiger partial charge < -0.3 is 32.5 Å². The molecule has 0 aromatic heterocycles. The summed E-state index contributed by atoms with van der Waals surface area (Å²) in [6.45, 7) is 4.88. The van der Waals surface area contributed by atoms with E-state index in [9.17, 15) is 29.1 Å². The standard InChI is InChI=1S/C17H31N5O6S/c1-4-8(2)13(17(27)28)22-14(24)9(3)20-16(26)11(7-29)21-15(25)10(18)5-6-12(19)23/h8-11,13,29H,4-7,18H2,1-3H3,(H2,19,23)(H,20,26)(H,21,25)(H,22,24)(H,27,28). The minimum atomic E-state index is -1.17. The third kappa shape index (κ3) is 9.61. The van der Waals surface area contributed by atoms with Crippen LogP contribution in [0, 0.1) is 5.92 Å². The van der Waals surface area contributed by atoms with E-state index < -0.39 is 53.8 Å². The zero-order valence-electron chi connectivity index (χ0n) is 16.8. The van der Waals surface area contributed by atoms with E-state index in [1.165, 1.54) is 6.92 Å². The van der Waals surface area contributed by atoms with Gasteiger partial charge in [-0.3, -0.25) is 19.2 Å². The molecule has 29 heavy (non-hydrogen) atoms. The molecule has 0 saturated heterocycles. The first-order valence-corrected chi connectivity index (χ1v) is 9.86. The number of rotatable bonds is 13. The van der Waals surface area contributed by atoms with E-state index in [0.717, 1.165) is 0 Å². The van der Waals surface area contributed by atoms with Gasteiger partial charge in [0.2, 0.25) is 23.6 Å². The van der Waals surface area contributed by atoms with E-state index in [1.807, 2.05) is 0 Å². The zero-order chi connectivity index (χ0) is 22.7. The van der Waals surface area contributed by atoms with Crippen LogP contribution in [0.5, 0.6) is 0 Å². The lowest BCUT2D eigenvalue weighted by Gasteiger charge is -2.24. The Bertz CT molecular complexity index is 617. The van der Waals surface area contributed by atoms with Crippen LogP contribution in [0.1, 0.15) is 40.0 Å². The molecule has 0 aliphatic rings. The Hall–Kier alpha value is -2.34. The maximum atomic E-state index is 12.3. The van der Waals surface area contributed by atoms with Crippen molar-refractivity contribution >= 4 is 42.2 Å². The molecule has 0 radical (unpaired) electrons. The van der Waals surface area contributed by atoms with Crippen LogP contribution in [-0.4, -0.2) is 64.6 Å². The van der Waals surface area contributed by atoms with Gasteiger partial charge in [0, 0.05) is 12.2 Å². The number of primary amides is 1. The fraction of sp³-hybridized carbons (Fsp3) is 0.706. The van der Waals surface area contributed by atoms with E-state index in [1.54, 1.807) is 13.8 Å². The molecule has 0 aromatic carbocycles. The molecule has 0 aliphatic carbocycles. The van der Waals surface area contributed by atoms with Crippen molar-refractivity contribution in [2.24, 2.45) is 17.4 Å². The average molecular weight is 434 g/mol. The van der Waals surface area contributed by atoms with Crippen LogP contribution >= 0.6 is 12.6 Å². The average Bonchev–Trinajstić information content (AvgIpc) is 2.66. The van der Waals surface area contributed by atoms with Crippen LogP contribution in [0.15, 0.2) is 0 Å². The molecular weight excluding hydrogens is 402 g/mol. The molecule has 0 heterocycles. The Balaban J connectivity index is 4.83. The van der Waals surface area contributed by atoms with E-state index in [2.05, 4.69) is 28.6 Å². The maximum Gasteiger partial charge on any atom is 0.326 e. The van der Waals surface area contributed by atoms with Crippen molar-refractivity contribution in [3.8, 4) is 0 Å². The molecular formula is C17H31N5O6S. The fourth-order valence-electron chi connectivity index (χ4n) is 2.24. The Morgan fingerprint density at radius 1 is 1.00 bits per heavy atom. The van der Waals surface area contributed by atoms with Gasteiger partial charge >= 0.3 is 5.97 Å². The fourth-order valence-corrected chi connectivity index (χ4v) is 2.50. The van der Waals surface area contributed by atoms with Crippen molar-refractivity contribution < 1.29 is 29.1 Å². The second-order valence-corrected chi connectivity index (χ2v) is 7.16. The number of thiol groups is 1. The van der Waals surface area contributed by atoms with Gasteiger partial charge in [0.15, 0.2) is 0 Å². The van der Waals surface area contributed by atoms with Gasteiger partial charge in [-0.2, -0.15) is 12.6 Å². The third-order valence-corrected chi connectivity index (χ3v) is 4.75. The molecule has 0 rings (SSSR count). The molecule has 5 atom stereocenters. The molecule has 11 nitrogen and oxygen atoms in total. The van der Waals surface area contributed by atoms with Crippen LogP contribution in [0.25, 0.3) is 0 Å². The molecule has 0 saturated carbocycles. The Morgan fingerprint density at radius 2 is 1.59 bits per heavy atom. The van der Waals surface area contributed by atoms with Gasteiger partial charge in [-0.05, 0) is 19.3 Å². The van der Waals surface area contributed by atoms with Gasteiger partial charge in [0.05, 0.1) is 6.04 Å². The van der Waals surface area contributed by atoms with E-state index in [-0.39, 0.29) is 24.5 Å².